The second-order valence-corrected chi connectivity index (χ2v) is 3.31. The first-order valence-electron chi connectivity index (χ1n) is 3.58. The number of aromatic nitrogens is 3. The van der Waals surface area contributed by atoms with E-state index in [2.05, 4.69) is 10.1 Å². The van der Waals surface area contributed by atoms with Gasteiger partial charge < -0.3 is 0 Å². The molecule has 5 heteroatoms. The molecule has 0 aliphatic heterocycles. The van der Waals surface area contributed by atoms with E-state index in [-0.39, 0.29) is 0 Å². The molecule has 13 heavy (non-hydrogen) atoms. The van der Waals surface area contributed by atoms with Crippen LogP contribution in [0, 0.1) is 0 Å². The molecule has 0 aliphatic carbocycles. The molecule has 0 aliphatic rings. The van der Waals surface area contributed by atoms with Crippen LogP contribution in [0.4, 0.5) is 0 Å². The molecule has 0 radical (unpaired) electrons. The van der Waals surface area contributed by atoms with Crippen LogP contribution in [0.1, 0.15) is 0 Å². The van der Waals surface area contributed by atoms with Gasteiger partial charge in [-0.1, -0.05) is 23.2 Å². The highest BCUT2D eigenvalue weighted by atomic mass is 35.5. The van der Waals surface area contributed by atoms with Crippen LogP contribution in [-0.2, 0) is 0 Å². The Hall–Kier alpha value is -1.06. The van der Waals surface area contributed by atoms with Gasteiger partial charge in [-0.05, 0) is 6.07 Å². The first kappa shape index (κ1) is 8.53. The molecule has 2 heterocycles. The summed E-state index contributed by atoms with van der Waals surface area (Å²) in [5, 5.41) is 5.18. The highest BCUT2D eigenvalue weighted by molar-refractivity contribution is 6.31. The Labute approximate surface area is 84.9 Å². The third-order valence-corrected chi connectivity index (χ3v) is 1.92. The Morgan fingerprint density at radius 3 is 2.69 bits per heavy atom. The summed E-state index contributed by atoms with van der Waals surface area (Å²) < 4.78 is 1.56. The van der Waals surface area contributed by atoms with Gasteiger partial charge in [-0.2, -0.15) is 5.10 Å². The van der Waals surface area contributed by atoms with Crippen LogP contribution >= 0.6 is 23.2 Å². The van der Waals surface area contributed by atoms with Crippen molar-refractivity contribution < 1.29 is 0 Å². The SMILES string of the molecule is Clc1ccnc(-n2cc(Cl)cn2)c1. The molecule has 0 N–H and O–H groups in total. The van der Waals surface area contributed by atoms with E-state index in [1.54, 1.807) is 35.4 Å². The van der Waals surface area contributed by atoms with Crippen molar-refractivity contribution in [2.45, 2.75) is 0 Å². The Kier molecular flexibility index (Phi) is 2.20. The summed E-state index contributed by atoms with van der Waals surface area (Å²) in [5.41, 5.74) is 0. The third kappa shape index (κ3) is 1.82. The van der Waals surface area contributed by atoms with E-state index in [1.165, 1.54) is 0 Å². The zero-order valence-electron chi connectivity index (χ0n) is 6.48. The van der Waals surface area contributed by atoms with E-state index in [9.17, 15) is 0 Å². The fourth-order valence-electron chi connectivity index (χ4n) is 0.945. The van der Waals surface area contributed by atoms with Crippen LogP contribution < -0.4 is 0 Å². The van der Waals surface area contributed by atoms with Gasteiger partial charge in [-0.15, -0.1) is 0 Å². The quantitative estimate of drug-likeness (QED) is 0.730. The van der Waals surface area contributed by atoms with E-state index in [0.717, 1.165) is 0 Å². The van der Waals surface area contributed by atoms with E-state index in [4.69, 9.17) is 23.2 Å². The lowest BCUT2D eigenvalue weighted by molar-refractivity contribution is 0.847. The molecular formula is C8H5Cl2N3. The van der Waals surface area contributed by atoms with Crippen LogP contribution in [-0.4, -0.2) is 14.8 Å². The molecule has 2 aromatic rings. The Morgan fingerprint density at radius 1 is 1.23 bits per heavy atom. The van der Waals surface area contributed by atoms with Crippen molar-refractivity contribution in [1.29, 1.82) is 0 Å². The minimum atomic E-state index is 0.571. The lowest BCUT2D eigenvalue weighted by Gasteiger charge is -1.98. The van der Waals surface area contributed by atoms with Crippen molar-refractivity contribution in [1.82, 2.24) is 14.8 Å². The normalized spacial score (nSPS) is 10.3. The van der Waals surface area contributed by atoms with Crippen molar-refractivity contribution in [2.24, 2.45) is 0 Å². The maximum absolute atomic E-state index is 5.79. The maximum atomic E-state index is 5.79. The zero-order chi connectivity index (χ0) is 9.26. The molecule has 0 amide bonds. The Balaban J connectivity index is 2.46. The van der Waals surface area contributed by atoms with Crippen LogP contribution in [0.2, 0.25) is 10.0 Å². The van der Waals surface area contributed by atoms with Gasteiger partial charge in [0.2, 0.25) is 0 Å². The molecule has 0 bridgehead atoms. The Morgan fingerprint density at radius 2 is 2.08 bits per heavy atom. The van der Waals surface area contributed by atoms with Gasteiger partial charge in [-0.25, -0.2) is 9.67 Å². The highest BCUT2D eigenvalue weighted by Crippen LogP contribution is 2.13. The average molecular weight is 214 g/mol. The number of rotatable bonds is 1. The topological polar surface area (TPSA) is 30.7 Å². The Bertz CT molecular complexity index is 425. The minimum absolute atomic E-state index is 0.571. The van der Waals surface area contributed by atoms with Crippen molar-refractivity contribution >= 4 is 23.2 Å². The van der Waals surface area contributed by atoms with E-state index in [0.29, 0.717) is 15.9 Å². The molecule has 0 fully saturated rings. The van der Waals surface area contributed by atoms with Crippen LogP contribution in [0.25, 0.3) is 5.82 Å². The van der Waals surface area contributed by atoms with Crippen molar-refractivity contribution in [3.63, 3.8) is 0 Å². The molecule has 0 saturated carbocycles. The number of nitrogens with zero attached hydrogens (tertiary/aromatic N) is 3. The smallest absolute Gasteiger partial charge is 0.154 e. The monoisotopic (exact) mass is 213 g/mol. The number of hydrogen-bond acceptors (Lipinski definition) is 2. The molecule has 0 atom stereocenters. The average Bonchev–Trinajstić information content (AvgIpc) is 2.52. The fourth-order valence-corrected chi connectivity index (χ4v) is 1.23. The molecule has 0 saturated heterocycles. The maximum Gasteiger partial charge on any atom is 0.154 e. The van der Waals surface area contributed by atoms with Gasteiger partial charge in [0.15, 0.2) is 5.82 Å². The first-order chi connectivity index (χ1) is 6.25. The van der Waals surface area contributed by atoms with Crippen molar-refractivity contribution in [2.75, 3.05) is 0 Å². The fraction of sp³-hybridized carbons (Fsp3) is 0. The van der Waals surface area contributed by atoms with Crippen LogP contribution in [0.3, 0.4) is 0 Å². The standard InChI is InChI=1S/C8H5Cl2N3/c9-6-1-2-11-8(3-6)13-5-7(10)4-12-13/h1-5H. The van der Waals surface area contributed by atoms with E-state index >= 15 is 0 Å². The second-order valence-electron chi connectivity index (χ2n) is 2.44. The molecule has 2 aromatic heterocycles. The number of hydrogen-bond donors (Lipinski definition) is 0. The second kappa shape index (κ2) is 3.36. The summed E-state index contributed by atoms with van der Waals surface area (Å²) in [6, 6.07) is 3.42. The minimum Gasteiger partial charge on any atom is -0.237 e. The van der Waals surface area contributed by atoms with Crippen LogP contribution in [0.15, 0.2) is 30.7 Å². The molecular weight excluding hydrogens is 209 g/mol. The summed E-state index contributed by atoms with van der Waals surface area (Å²) in [7, 11) is 0. The lowest BCUT2D eigenvalue weighted by atomic mass is 10.4. The first-order valence-corrected chi connectivity index (χ1v) is 4.33. The molecule has 0 unspecified atom stereocenters. The molecule has 0 aromatic carbocycles. The van der Waals surface area contributed by atoms with Gasteiger partial charge in [0, 0.05) is 17.3 Å². The molecule has 2 rings (SSSR count). The molecule has 66 valence electrons. The third-order valence-electron chi connectivity index (χ3n) is 1.49. The van der Waals surface area contributed by atoms with Crippen LogP contribution in [0.5, 0.6) is 0 Å². The van der Waals surface area contributed by atoms with Gasteiger partial charge >= 0.3 is 0 Å². The van der Waals surface area contributed by atoms with Gasteiger partial charge in [0.05, 0.1) is 17.4 Å². The largest absolute Gasteiger partial charge is 0.237 e. The van der Waals surface area contributed by atoms with E-state index in [1.807, 2.05) is 0 Å². The van der Waals surface area contributed by atoms with Gasteiger partial charge in [-0.3, -0.25) is 0 Å². The van der Waals surface area contributed by atoms with Gasteiger partial charge in [0.25, 0.3) is 0 Å². The predicted molar refractivity (Wildman–Crippen MR) is 51.4 cm³/mol. The lowest BCUT2D eigenvalue weighted by Crippen LogP contribution is -1.96. The van der Waals surface area contributed by atoms with E-state index < -0.39 is 0 Å². The van der Waals surface area contributed by atoms with Gasteiger partial charge in [0.1, 0.15) is 0 Å². The highest BCUT2D eigenvalue weighted by Gasteiger charge is 2.00. The summed E-state index contributed by atoms with van der Waals surface area (Å²) in [6.45, 7) is 0. The molecule has 0 spiro atoms. The van der Waals surface area contributed by atoms with Crippen molar-refractivity contribution in [3.8, 4) is 5.82 Å². The summed E-state index contributed by atoms with van der Waals surface area (Å²) in [4.78, 5) is 4.08. The summed E-state index contributed by atoms with van der Waals surface area (Å²) in [6.07, 6.45) is 4.83. The predicted octanol–water partition coefficient (Wildman–Crippen LogP) is 2.57. The summed E-state index contributed by atoms with van der Waals surface area (Å²) in [5.74, 6) is 0.652. The molecule has 3 nitrogen and oxygen atoms in total. The summed E-state index contributed by atoms with van der Waals surface area (Å²) >= 11 is 11.5. The number of pyridine rings is 1. The number of halogens is 2. The zero-order valence-corrected chi connectivity index (χ0v) is 8.00. The van der Waals surface area contributed by atoms with Crippen molar-refractivity contribution in [3.05, 3.63) is 40.8 Å².